The number of carbonyl (C=O) groups is 2. The lowest BCUT2D eigenvalue weighted by atomic mass is 10.1. The quantitative estimate of drug-likeness (QED) is 0.764. The molecule has 8 nitrogen and oxygen atoms in total. The largest absolute Gasteiger partial charge is 0.496 e. The molecule has 1 heterocycles. The zero-order valence-electron chi connectivity index (χ0n) is 13.5. The molecule has 1 aliphatic rings. The van der Waals surface area contributed by atoms with Crippen LogP contribution in [0.25, 0.3) is 0 Å². The number of nitrogens with zero attached hydrogens (tertiary/aromatic N) is 1. The van der Waals surface area contributed by atoms with Crippen LogP contribution in [0.4, 0.5) is 0 Å². The molecule has 9 heteroatoms. The van der Waals surface area contributed by atoms with Gasteiger partial charge in [0.1, 0.15) is 17.4 Å². The van der Waals surface area contributed by atoms with Crippen molar-refractivity contribution in [3.05, 3.63) is 29.3 Å². The Labute approximate surface area is 140 Å². The van der Waals surface area contributed by atoms with Gasteiger partial charge in [0.25, 0.3) is 0 Å². The summed E-state index contributed by atoms with van der Waals surface area (Å²) in [5.74, 6) is -1.28. The van der Waals surface area contributed by atoms with E-state index < -0.39 is 22.0 Å². The number of aromatic carboxylic acids is 1. The van der Waals surface area contributed by atoms with Crippen molar-refractivity contribution in [3.63, 3.8) is 0 Å². The topological polar surface area (TPSA) is 113 Å². The van der Waals surface area contributed by atoms with Crippen LogP contribution in [0.3, 0.4) is 0 Å². The van der Waals surface area contributed by atoms with Crippen LogP contribution in [0.5, 0.6) is 5.75 Å². The maximum atomic E-state index is 12.3. The van der Waals surface area contributed by atoms with Crippen LogP contribution in [0.15, 0.2) is 18.2 Å². The highest BCUT2D eigenvalue weighted by Gasteiger charge is 2.36. The number of benzene rings is 1. The minimum absolute atomic E-state index is 0.00266. The summed E-state index contributed by atoms with van der Waals surface area (Å²) in [7, 11) is -2.05. The number of rotatable bonds is 6. The fraction of sp³-hybridized carbons (Fsp3) is 0.467. The lowest BCUT2D eigenvalue weighted by Gasteiger charge is -2.21. The predicted molar refractivity (Wildman–Crippen MR) is 86.4 cm³/mol. The third-order valence-electron chi connectivity index (χ3n) is 3.89. The minimum atomic E-state index is -3.43. The van der Waals surface area contributed by atoms with Crippen LogP contribution < -0.4 is 10.1 Å². The number of carbonyl (C=O) groups excluding carboxylic acids is 1. The summed E-state index contributed by atoms with van der Waals surface area (Å²) >= 11 is 0. The van der Waals surface area contributed by atoms with E-state index in [9.17, 15) is 18.0 Å². The lowest BCUT2D eigenvalue weighted by molar-refractivity contribution is -0.124. The van der Waals surface area contributed by atoms with Gasteiger partial charge in [0.05, 0.1) is 13.4 Å². The Bertz CT molecular complexity index is 746. The second kappa shape index (κ2) is 7.18. The average molecular weight is 356 g/mol. The predicted octanol–water partition coefficient (Wildman–Crippen LogP) is 0.434. The van der Waals surface area contributed by atoms with Crippen molar-refractivity contribution in [1.29, 1.82) is 0 Å². The van der Waals surface area contributed by atoms with Crippen molar-refractivity contribution < 1.29 is 27.9 Å². The molecule has 132 valence electrons. The molecule has 1 fully saturated rings. The van der Waals surface area contributed by atoms with E-state index >= 15 is 0 Å². The molecule has 0 radical (unpaired) electrons. The first-order chi connectivity index (χ1) is 11.2. The first-order valence-corrected chi connectivity index (χ1v) is 9.23. The van der Waals surface area contributed by atoms with E-state index in [-0.39, 0.29) is 23.8 Å². The van der Waals surface area contributed by atoms with Crippen molar-refractivity contribution in [2.24, 2.45) is 0 Å². The van der Waals surface area contributed by atoms with Gasteiger partial charge in [0.2, 0.25) is 15.9 Å². The van der Waals surface area contributed by atoms with Crippen molar-refractivity contribution in [2.45, 2.75) is 25.4 Å². The average Bonchev–Trinajstić information content (AvgIpc) is 3.02. The first kappa shape index (κ1) is 18.2. The number of carboxylic acids is 1. The van der Waals surface area contributed by atoms with Crippen molar-refractivity contribution in [1.82, 2.24) is 9.62 Å². The smallest absolute Gasteiger partial charge is 0.339 e. The summed E-state index contributed by atoms with van der Waals surface area (Å²) in [5.41, 5.74) is 0.591. The molecule has 0 aromatic heterocycles. The van der Waals surface area contributed by atoms with Gasteiger partial charge in [0, 0.05) is 13.1 Å². The second-order valence-corrected chi connectivity index (χ2v) is 7.52. The second-order valence-electron chi connectivity index (χ2n) is 5.59. The molecule has 0 unspecified atom stereocenters. The summed E-state index contributed by atoms with van der Waals surface area (Å²) in [5, 5.41) is 11.8. The van der Waals surface area contributed by atoms with Crippen LogP contribution in [0.2, 0.25) is 0 Å². The highest BCUT2D eigenvalue weighted by atomic mass is 32.2. The molecule has 1 amide bonds. The SMILES string of the molecule is COc1ccc(CNC(=O)[C@H]2CCCN2S(C)(=O)=O)cc1C(=O)O. The molecule has 1 atom stereocenters. The van der Waals surface area contributed by atoms with Gasteiger partial charge < -0.3 is 15.2 Å². The number of hydrogen-bond donors (Lipinski definition) is 2. The Morgan fingerprint density at radius 2 is 2.12 bits per heavy atom. The Kier molecular flexibility index (Phi) is 5.45. The molecule has 2 N–H and O–H groups in total. The molecule has 1 aromatic rings. The number of amides is 1. The van der Waals surface area contributed by atoms with Crippen LogP contribution >= 0.6 is 0 Å². The van der Waals surface area contributed by atoms with Crippen molar-refractivity contribution in [2.75, 3.05) is 19.9 Å². The zero-order valence-corrected chi connectivity index (χ0v) is 14.3. The summed E-state index contributed by atoms with van der Waals surface area (Å²) < 4.78 is 29.5. The summed E-state index contributed by atoms with van der Waals surface area (Å²) in [6.07, 6.45) is 2.19. The van der Waals surface area contributed by atoms with Gasteiger partial charge in [-0.05, 0) is 30.5 Å². The number of ether oxygens (including phenoxy) is 1. The number of sulfonamides is 1. The van der Waals surface area contributed by atoms with Gasteiger partial charge in [-0.15, -0.1) is 0 Å². The molecule has 1 aromatic carbocycles. The lowest BCUT2D eigenvalue weighted by Crippen LogP contribution is -2.45. The summed E-state index contributed by atoms with van der Waals surface area (Å²) in [4.78, 5) is 23.5. The maximum Gasteiger partial charge on any atom is 0.339 e. The van der Waals surface area contributed by atoms with E-state index in [1.165, 1.54) is 23.5 Å². The maximum absolute atomic E-state index is 12.3. The van der Waals surface area contributed by atoms with Gasteiger partial charge in [-0.1, -0.05) is 6.07 Å². The number of methoxy groups -OCH3 is 1. The molecular weight excluding hydrogens is 336 g/mol. The van der Waals surface area contributed by atoms with Crippen LogP contribution in [-0.2, 0) is 21.4 Å². The Hall–Kier alpha value is -2.13. The van der Waals surface area contributed by atoms with Crippen LogP contribution in [0.1, 0.15) is 28.8 Å². The third kappa shape index (κ3) is 4.04. The standard InChI is InChI=1S/C15H20N2O6S/c1-23-13-6-5-10(8-11(13)15(19)20)9-16-14(18)12-4-3-7-17(12)24(2,21)22/h5-6,8,12H,3-4,7,9H2,1-2H3,(H,16,18)(H,19,20)/t12-/m1/s1. The van der Waals surface area contributed by atoms with Crippen molar-refractivity contribution in [3.8, 4) is 5.75 Å². The zero-order chi connectivity index (χ0) is 17.9. The first-order valence-electron chi connectivity index (χ1n) is 7.38. The molecular formula is C15H20N2O6S. The summed E-state index contributed by atoms with van der Waals surface area (Å²) in [6.45, 7) is 0.444. The Balaban J connectivity index is 2.07. The fourth-order valence-electron chi connectivity index (χ4n) is 2.74. The van der Waals surface area contributed by atoms with Crippen molar-refractivity contribution >= 4 is 21.9 Å². The highest BCUT2D eigenvalue weighted by molar-refractivity contribution is 7.88. The molecule has 0 bridgehead atoms. The van der Waals surface area contributed by atoms with E-state index in [1.54, 1.807) is 6.07 Å². The molecule has 1 saturated heterocycles. The van der Waals surface area contributed by atoms with E-state index in [0.29, 0.717) is 24.9 Å². The van der Waals surface area contributed by atoms with Gasteiger partial charge >= 0.3 is 5.97 Å². The molecule has 2 rings (SSSR count). The molecule has 0 aliphatic carbocycles. The molecule has 0 saturated carbocycles. The Morgan fingerprint density at radius 1 is 1.42 bits per heavy atom. The monoisotopic (exact) mass is 356 g/mol. The number of nitrogens with one attached hydrogen (secondary N) is 1. The van der Waals surface area contributed by atoms with E-state index in [4.69, 9.17) is 9.84 Å². The number of hydrogen-bond acceptors (Lipinski definition) is 5. The minimum Gasteiger partial charge on any atom is -0.496 e. The summed E-state index contributed by atoms with van der Waals surface area (Å²) in [6, 6.07) is 3.87. The molecule has 24 heavy (non-hydrogen) atoms. The third-order valence-corrected chi connectivity index (χ3v) is 5.18. The number of carboxylic acid groups (broad SMARTS) is 1. The highest BCUT2D eigenvalue weighted by Crippen LogP contribution is 2.22. The van der Waals surface area contributed by atoms with E-state index in [0.717, 1.165) is 6.26 Å². The molecule has 0 spiro atoms. The van der Waals surface area contributed by atoms with Crippen LogP contribution in [0, 0.1) is 0 Å². The van der Waals surface area contributed by atoms with Gasteiger partial charge in [-0.2, -0.15) is 4.31 Å². The normalized spacial score (nSPS) is 18.3. The van der Waals surface area contributed by atoms with Gasteiger partial charge in [-0.25, -0.2) is 13.2 Å². The van der Waals surface area contributed by atoms with Crippen LogP contribution in [-0.4, -0.2) is 55.7 Å². The van der Waals surface area contributed by atoms with E-state index in [2.05, 4.69) is 5.32 Å². The van der Waals surface area contributed by atoms with E-state index in [1.807, 2.05) is 0 Å². The Morgan fingerprint density at radius 3 is 2.71 bits per heavy atom. The fourth-order valence-corrected chi connectivity index (χ4v) is 3.86. The van der Waals surface area contributed by atoms with Gasteiger partial charge in [-0.3, -0.25) is 4.79 Å². The molecule has 1 aliphatic heterocycles. The van der Waals surface area contributed by atoms with Gasteiger partial charge in [0.15, 0.2) is 0 Å².